The summed E-state index contributed by atoms with van der Waals surface area (Å²) in [7, 11) is 0. The molecule has 0 aliphatic carbocycles. The lowest BCUT2D eigenvalue weighted by Gasteiger charge is -2.10. The van der Waals surface area contributed by atoms with Crippen molar-refractivity contribution >= 4 is 23.1 Å². The van der Waals surface area contributed by atoms with Crippen molar-refractivity contribution in [1.82, 2.24) is 14.6 Å². The van der Waals surface area contributed by atoms with E-state index in [9.17, 15) is 0 Å². The zero-order valence-electron chi connectivity index (χ0n) is 9.77. The third-order valence-electron chi connectivity index (χ3n) is 2.47. The smallest absolute Gasteiger partial charge is 0.152 e. The molecule has 0 radical (unpaired) electrons. The second-order valence-corrected chi connectivity index (χ2v) is 5.09. The van der Waals surface area contributed by atoms with Crippen LogP contribution >= 0.6 is 11.8 Å². The quantitative estimate of drug-likeness (QED) is 0.883. The van der Waals surface area contributed by atoms with Crippen molar-refractivity contribution < 1.29 is 0 Å². The van der Waals surface area contributed by atoms with E-state index in [1.54, 1.807) is 6.20 Å². The van der Waals surface area contributed by atoms with Gasteiger partial charge < -0.3 is 5.32 Å². The van der Waals surface area contributed by atoms with Gasteiger partial charge in [-0.25, -0.2) is 9.50 Å². The van der Waals surface area contributed by atoms with E-state index in [0.717, 1.165) is 23.6 Å². The molecule has 0 spiro atoms. The molecule has 1 N–H and O–H groups in total. The van der Waals surface area contributed by atoms with Gasteiger partial charge in [-0.05, 0) is 19.2 Å². The Morgan fingerprint density at radius 3 is 3.12 bits per heavy atom. The van der Waals surface area contributed by atoms with Crippen molar-refractivity contribution in [2.75, 3.05) is 18.1 Å². The Kier molecular flexibility index (Phi) is 3.33. The van der Waals surface area contributed by atoms with Crippen LogP contribution in [0.1, 0.15) is 12.6 Å². The summed E-state index contributed by atoms with van der Waals surface area (Å²) in [5.74, 6) is 0.906. The summed E-state index contributed by atoms with van der Waals surface area (Å²) in [5, 5.41) is 8.29. The highest BCUT2D eigenvalue weighted by Crippen LogP contribution is 2.15. The summed E-state index contributed by atoms with van der Waals surface area (Å²) < 4.78 is 1.86. The second-order valence-electron chi connectivity index (χ2n) is 3.82. The second kappa shape index (κ2) is 4.74. The van der Waals surface area contributed by atoms with E-state index in [2.05, 4.69) is 28.6 Å². The van der Waals surface area contributed by atoms with Crippen molar-refractivity contribution in [1.29, 1.82) is 0 Å². The first-order valence-electron chi connectivity index (χ1n) is 5.28. The zero-order chi connectivity index (χ0) is 11.5. The van der Waals surface area contributed by atoms with E-state index in [-0.39, 0.29) is 0 Å². The van der Waals surface area contributed by atoms with Gasteiger partial charge in [0.2, 0.25) is 0 Å². The molecule has 0 amide bonds. The molecule has 0 saturated heterocycles. The molecule has 86 valence electrons. The molecule has 5 heteroatoms. The van der Waals surface area contributed by atoms with E-state index >= 15 is 0 Å². The molecule has 2 aromatic heterocycles. The first-order chi connectivity index (χ1) is 7.70. The van der Waals surface area contributed by atoms with Crippen LogP contribution in [0.4, 0.5) is 5.82 Å². The number of thioether (sulfide) groups is 1. The number of aryl methyl sites for hydroxylation is 1. The van der Waals surface area contributed by atoms with Crippen LogP contribution in [0.25, 0.3) is 5.52 Å². The first-order valence-corrected chi connectivity index (χ1v) is 6.57. The van der Waals surface area contributed by atoms with Gasteiger partial charge in [0.25, 0.3) is 0 Å². The van der Waals surface area contributed by atoms with E-state index in [4.69, 9.17) is 0 Å². The number of nitrogens with one attached hydrogen (secondary N) is 1. The maximum atomic E-state index is 4.35. The monoisotopic (exact) mass is 236 g/mol. The van der Waals surface area contributed by atoms with Crippen molar-refractivity contribution in [3.63, 3.8) is 0 Å². The van der Waals surface area contributed by atoms with Gasteiger partial charge in [0.1, 0.15) is 5.52 Å². The summed E-state index contributed by atoms with van der Waals surface area (Å²) in [4.78, 5) is 4.35. The minimum Gasteiger partial charge on any atom is -0.367 e. The van der Waals surface area contributed by atoms with Gasteiger partial charge in [-0.3, -0.25) is 0 Å². The number of hydrogen-bond donors (Lipinski definition) is 1. The Labute approximate surface area is 99.5 Å². The van der Waals surface area contributed by atoms with Crippen LogP contribution in [0.2, 0.25) is 0 Å². The maximum absolute atomic E-state index is 4.35. The van der Waals surface area contributed by atoms with Crippen LogP contribution in [0.5, 0.6) is 0 Å². The van der Waals surface area contributed by atoms with Crippen LogP contribution in [0.15, 0.2) is 18.5 Å². The molecule has 2 rings (SSSR count). The predicted molar refractivity (Wildman–Crippen MR) is 69.2 cm³/mol. The van der Waals surface area contributed by atoms with Crippen molar-refractivity contribution in [2.24, 2.45) is 0 Å². The third-order valence-corrected chi connectivity index (χ3v) is 3.44. The van der Waals surface area contributed by atoms with Crippen LogP contribution < -0.4 is 5.32 Å². The van der Waals surface area contributed by atoms with Gasteiger partial charge in [-0.15, -0.1) is 0 Å². The van der Waals surface area contributed by atoms with E-state index in [1.165, 1.54) is 0 Å². The third kappa shape index (κ3) is 2.29. The normalized spacial score (nSPS) is 12.9. The molecule has 1 atom stereocenters. The Morgan fingerprint density at radius 2 is 2.38 bits per heavy atom. The molecule has 16 heavy (non-hydrogen) atoms. The summed E-state index contributed by atoms with van der Waals surface area (Å²) in [5.41, 5.74) is 2.04. The molecule has 0 aliphatic heterocycles. The minimum atomic E-state index is 0.575. The molecule has 0 bridgehead atoms. The lowest BCUT2D eigenvalue weighted by molar-refractivity contribution is 0.916. The highest BCUT2D eigenvalue weighted by molar-refractivity contribution is 7.99. The largest absolute Gasteiger partial charge is 0.367 e. The van der Waals surface area contributed by atoms with Crippen molar-refractivity contribution in [3.8, 4) is 0 Å². The molecular formula is C11H16N4S. The molecular weight excluding hydrogens is 220 g/mol. The van der Waals surface area contributed by atoms with E-state index < -0.39 is 0 Å². The molecule has 2 aromatic rings. The number of aromatic nitrogens is 3. The SMILES string of the molecule is CSC(C)CNc1nccn2nc(C)cc12. The van der Waals surface area contributed by atoms with Gasteiger partial charge in [0, 0.05) is 24.2 Å². The van der Waals surface area contributed by atoms with E-state index in [0.29, 0.717) is 5.25 Å². The van der Waals surface area contributed by atoms with Gasteiger partial charge >= 0.3 is 0 Å². The summed E-state index contributed by atoms with van der Waals surface area (Å²) in [6.07, 6.45) is 5.75. The zero-order valence-corrected chi connectivity index (χ0v) is 10.6. The number of anilines is 1. The molecule has 2 heterocycles. The summed E-state index contributed by atoms with van der Waals surface area (Å²) in [6.45, 7) is 5.10. The molecule has 0 aliphatic rings. The summed E-state index contributed by atoms with van der Waals surface area (Å²) >= 11 is 1.84. The molecule has 4 nitrogen and oxygen atoms in total. The van der Waals surface area contributed by atoms with Crippen molar-refractivity contribution in [2.45, 2.75) is 19.1 Å². The number of rotatable bonds is 4. The highest BCUT2D eigenvalue weighted by Gasteiger charge is 2.06. The van der Waals surface area contributed by atoms with Gasteiger partial charge in [-0.2, -0.15) is 16.9 Å². The van der Waals surface area contributed by atoms with E-state index in [1.807, 2.05) is 35.5 Å². The molecule has 1 unspecified atom stereocenters. The number of fused-ring (bicyclic) bond motifs is 1. The molecule has 0 aromatic carbocycles. The number of hydrogen-bond acceptors (Lipinski definition) is 4. The lowest BCUT2D eigenvalue weighted by atomic mass is 10.4. The average molecular weight is 236 g/mol. The molecule has 0 saturated carbocycles. The first kappa shape index (κ1) is 11.3. The van der Waals surface area contributed by atoms with Gasteiger partial charge in [-0.1, -0.05) is 6.92 Å². The molecule has 0 fully saturated rings. The minimum absolute atomic E-state index is 0.575. The van der Waals surface area contributed by atoms with Crippen molar-refractivity contribution in [3.05, 3.63) is 24.2 Å². The van der Waals surface area contributed by atoms with Gasteiger partial charge in [0.15, 0.2) is 5.82 Å². The fourth-order valence-electron chi connectivity index (χ4n) is 1.50. The summed E-state index contributed by atoms with van der Waals surface area (Å²) in [6, 6.07) is 2.04. The Hall–Kier alpha value is -1.23. The predicted octanol–water partition coefficient (Wildman–Crippen LogP) is 2.20. The fourth-order valence-corrected chi connectivity index (χ4v) is 1.75. The topological polar surface area (TPSA) is 42.2 Å². The van der Waals surface area contributed by atoms with Crippen LogP contribution in [0.3, 0.4) is 0 Å². The highest BCUT2D eigenvalue weighted by atomic mass is 32.2. The van der Waals surface area contributed by atoms with Crippen LogP contribution in [0, 0.1) is 6.92 Å². The maximum Gasteiger partial charge on any atom is 0.152 e. The lowest BCUT2D eigenvalue weighted by Crippen LogP contribution is -2.14. The fraction of sp³-hybridized carbons (Fsp3) is 0.455. The van der Waals surface area contributed by atoms with Gasteiger partial charge in [0.05, 0.1) is 5.69 Å². The Morgan fingerprint density at radius 1 is 1.56 bits per heavy atom. The standard InChI is InChI=1S/C11H16N4S/c1-8-6-10-11(13-7-9(2)16-3)12-4-5-15(10)14-8/h4-6,9H,7H2,1-3H3,(H,12,13). The Bertz CT molecular complexity index is 480. The van der Waals surface area contributed by atoms with Crippen LogP contribution in [-0.2, 0) is 0 Å². The Balaban J connectivity index is 2.23. The van der Waals surface area contributed by atoms with Crippen LogP contribution in [-0.4, -0.2) is 32.6 Å². The average Bonchev–Trinajstić information content (AvgIpc) is 2.66. The number of nitrogens with zero attached hydrogens (tertiary/aromatic N) is 3.